The molecule has 0 spiro atoms. The number of halogens is 2. The molecule has 1 heterocycles. The molecular formula is C21H15BrClN3O2. The molecule has 0 N–H and O–H groups in total. The van der Waals surface area contributed by atoms with Crippen LogP contribution < -0.4 is 0 Å². The van der Waals surface area contributed by atoms with Crippen LogP contribution in [-0.2, 0) is 0 Å². The third-order valence-electron chi connectivity index (χ3n) is 4.44. The molecule has 5 nitrogen and oxygen atoms in total. The van der Waals surface area contributed by atoms with Crippen molar-refractivity contribution < 1.29 is 4.92 Å². The normalized spacial score (nSPS) is 11.3. The van der Waals surface area contributed by atoms with E-state index in [1.165, 1.54) is 12.1 Å². The number of nitriles is 1. The number of hydrogen-bond donors (Lipinski definition) is 0. The van der Waals surface area contributed by atoms with E-state index >= 15 is 0 Å². The third kappa shape index (κ3) is 3.86. The molecule has 0 radical (unpaired) electrons. The monoisotopic (exact) mass is 455 g/mol. The van der Waals surface area contributed by atoms with Gasteiger partial charge in [-0.1, -0.05) is 11.6 Å². The molecule has 7 heteroatoms. The molecule has 3 aromatic rings. The van der Waals surface area contributed by atoms with Gasteiger partial charge in [0.1, 0.15) is 0 Å². The smallest absolute Gasteiger partial charge is 0.269 e. The van der Waals surface area contributed by atoms with Gasteiger partial charge in [-0.3, -0.25) is 10.1 Å². The van der Waals surface area contributed by atoms with E-state index < -0.39 is 4.92 Å². The maximum atomic E-state index is 10.8. The van der Waals surface area contributed by atoms with E-state index in [9.17, 15) is 15.4 Å². The average Bonchev–Trinajstić information content (AvgIpc) is 2.95. The van der Waals surface area contributed by atoms with Gasteiger partial charge < -0.3 is 4.57 Å². The molecule has 0 bridgehead atoms. The number of nitro benzene ring substituents is 1. The first kappa shape index (κ1) is 19.9. The van der Waals surface area contributed by atoms with E-state index in [0.29, 0.717) is 16.2 Å². The summed E-state index contributed by atoms with van der Waals surface area (Å²) in [4.78, 5) is 10.4. The van der Waals surface area contributed by atoms with Crippen LogP contribution in [0.2, 0.25) is 5.02 Å². The van der Waals surface area contributed by atoms with E-state index in [-0.39, 0.29) is 5.69 Å². The largest absolute Gasteiger partial charge is 0.318 e. The Kier molecular flexibility index (Phi) is 5.68. The fraction of sp³-hybridized carbons (Fsp3) is 0.0952. The average molecular weight is 457 g/mol. The van der Waals surface area contributed by atoms with Crippen molar-refractivity contribution >= 4 is 44.9 Å². The molecule has 0 unspecified atom stereocenters. The van der Waals surface area contributed by atoms with E-state index in [0.717, 1.165) is 27.1 Å². The van der Waals surface area contributed by atoms with E-state index in [1.54, 1.807) is 18.2 Å². The summed E-state index contributed by atoms with van der Waals surface area (Å²) in [5.74, 6) is 0. The lowest BCUT2D eigenvalue weighted by molar-refractivity contribution is -0.384. The summed E-state index contributed by atoms with van der Waals surface area (Å²) in [6, 6.07) is 15.9. The van der Waals surface area contributed by atoms with Gasteiger partial charge in [-0.25, -0.2) is 0 Å². The van der Waals surface area contributed by atoms with E-state index in [4.69, 9.17) is 11.6 Å². The molecule has 140 valence electrons. The summed E-state index contributed by atoms with van der Waals surface area (Å²) in [7, 11) is 0. The van der Waals surface area contributed by atoms with Gasteiger partial charge in [0.15, 0.2) is 0 Å². The number of hydrogen-bond acceptors (Lipinski definition) is 3. The topological polar surface area (TPSA) is 71.9 Å². The van der Waals surface area contributed by atoms with Crippen molar-refractivity contribution in [3.8, 4) is 11.8 Å². The van der Waals surface area contributed by atoms with Crippen molar-refractivity contribution in [3.63, 3.8) is 0 Å². The predicted octanol–water partition coefficient (Wildman–Crippen LogP) is 6.48. The van der Waals surface area contributed by atoms with Gasteiger partial charge in [0.2, 0.25) is 0 Å². The number of non-ortho nitro benzene ring substituents is 1. The fourth-order valence-electron chi connectivity index (χ4n) is 3.05. The fourth-order valence-corrected chi connectivity index (χ4v) is 3.47. The second-order valence-electron chi connectivity index (χ2n) is 6.23. The lowest BCUT2D eigenvalue weighted by Crippen LogP contribution is -1.99. The third-order valence-corrected chi connectivity index (χ3v) is 5.67. The summed E-state index contributed by atoms with van der Waals surface area (Å²) < 4.78 is 2.89. The summed E-state index contributed by atoms with van der Waals surface area (Å²) in [5, 5.41) is 21.0. The zero-order chi connectivity index (χ0) is 20.4. The first-order valence-electron chi connectivity index (χ1n) is 8.33. The summed E-state index contributed by atoms with van der Waals surface area (Å²) in [5.41, 5.74) is 4.84. The Bertz CT molecular complexity index is 1140. The van der Waals surface area contributed by atoms with Gasteiger partial charge >= 0.3 is 0 Å². The van der Waals surface area contributed by atoms with Crippen LogP contribution in [0.15, 0.2) is 53.0 Å². The second-order valence-corrected chi connectivity index (χ2v) is 7.50. The lowest BCUT2D eigenvalue weighted by atomic mass is 10.0. The predicted molar refractivity (Wildman–Crippen MR) is 115 cm³/mol. The van der Waals surface area contributed by atoms with Crippen LogP contribution >= 0.6 is 27.5 Å². The summed E-state index contributed by atoms with van der Waals surface area (Å²) >= 11 is 9.63. The van der Waals surface area contributed by atoms with Gasteiger partial charge in [-0.15, -0.1) is 0 Å². The van der Waals surface area contributed by atoms with Gasteiger partial charge in [0.05, 0.1) is 21.6 Å². The molecule has 0 aliphatic carbocycles. The Morgan fingerprint density at radius 2 is 1.89 bits per heavy atom. The van der Waals surface area contributed by atoms with Crippen molar-refractivity contribution in [2.45, 2.75) is 13.8 Å². The highest BCUT2D eigenvalue weighted by atomic mass is 79.9. The number of nitro groups is 1. The SMILES string of the molecule is Cc1cc(/C=C(/C#N)c2ccc([N+](=O)[O-])cc2)c(C)n1-c1ccc(Br)c(Cl)c1. The minimum Gasteiger partial charge on any atom is -0.318 e. The molecule has 0 atom stereocenters. The number of aryl methyl sites for hydroxylation is 1. The number of benzene rings is 2. The molecule has 0 amide bonds. The van der Waals surface area contributed by atoms with E-state index in [1.807, 2.05) is 38.1 Å². The minimum atomic E-state index is -0.462. The van der Waals surface area contributed by atoms with Crippen LogP contribution in [0.3, 0.4) is 0 Å². The van der Waals surface area contributed by atoms with Crippen LogP contribution in [0.25, 0.3) is 17.3 Å². The van der Waals surface area contributed by atoms with Crippen LogP contribution in [-0.4, -0.2) is 9.49 Å². The summed E-state index contributed by atoms with van der Waals surface area (Å²) in [6.45, 7) is 3.96. The maximum Gasteiger partial charge on any atom is 0.269 e. The molecule has 3 rings (SSSR count). The van der Waals surface area contributed by atoms with Crippen LogP contribution in [0.5, 0.6) is 0 Å². The van der Waals surface area contributed by atoms with Gasteiger partial charge in [-0.05, 0) is 83.4 Å². The van der Waals surface area contributed by atoms with Gasteiger partial charge in [0.25, 0.3) is 5.69 Å². The Morgan fingerprint density at radius 3 is 2.46 bits per heavy atom. The molecule has 1 aromatic heterocycles. The van der Waals surface area contributed by atoms with Crippen molar-refractivity contribution in [2.24, 2.45) is 0 Å². The number of allylic oxidation sites excluding steroid dienone is 1. The van der Waals surface area contributed by atoms with Crippen molar-refractivity contribution in [3.05, 3.63) is 90.7 Å². The minimum absolute atomic E-state index is 0.00802. The molecule has 0 aliphatic rings. The second kappa shape index (κ2) is 8.01. The molecule has 0 saturated heterocycles. The molecule has 0 fully saturated rings. The lowest BCUT2D eigenvalue weighted by Gasteiger charge is -2.11. The van der Waals surface area contributed by atoms with Crippen LogP contribution in [0.1, 0.15) is 22.5 Å². The Balaban J connectivity index is 2.05. The molecular weight excluding hydrogens is 442 g/mol. The number of rotatable bonds is 4. The summed E-state index contributed by atoms with van der Waals surface area (Å²) in [6.07, 6.45) is 1.79. The zero-order valence-corrected chi connectivity index (χ0v) is 17.5. The highest BCUT2D eigenvalue weighted by molar-refractivity contribution is 9.10. The van der Waals surface area contributed by atoms with E-state index in [2.05, 4.69) is 26.6 Å². The van der Waals surface area contributed by atoms with Crippen molar-refractivity contribution in [2.75, 3.05) is 0 Å². The van der Waals surface area contributed by atoms with Crippen molar-refractivity contribution in [1.29, 1.82) is 5.26 Å². The standard InChI is InChI=1S/C21H15BrClN3O2/c1-13-9-16(14(2)25(13)19-7-8-20(22)21(23)11-19)10-17(12-24)15-3-5-18(6-4-15)26(27)28/h3-11H,1-2H3/b17-10-. The Labute approximate surface area is 175 Å². The first-order chi connectivity index (χ1) is 13.3. The molecule has 28 heavy (non-hydrogen) atoms. The Morgan fingerprint density at radius 1 is 1.21 bits per heavy atom. The first-order valence-corrected chi connectivity index (χ1v) is 9.50. The van der Waals surface area contributed by atoms with Gasteiger partial charge in [-0.2, -0.15) is 5.26 Å². The molecule has 2 aromatic carbocycles. The zero-order valence-electron chi connectivity index (χ0n) is 15.1. The van der Waals surface area contributed by atoms with Gasteiger partial charge in [0, 0.05) is 33.7 Å². The molecule has 0 saturated carbocycles. The molecule has 0 aliphatic heterocycles. The van der Waals surface area contributed by atoms with Crippen molar-refractivity contribution in [1.82, 2.24) is 4.57 Å². The highest BCUT2D eigenvalue weighted by Crippen LogP contribution is 2.29. The number of nitrogens with zero attached hydrogens (tertiary/aromatic N) is 3. The van der Waals surface area contributed by atoms with Crippen LogP contribution in [0, 0.1) is 35.3 Å². The van der Waals surface area contributed by atoms with Crippen LogP contribution in [0.4, 0.5) is 5.69 Å². The quantitative estimate of drug-likeness (QED) is 0.256. The highest BCUT2D eigenvalue weighted by Gasteiger charge is 2.13. The Hall–Kier alpha value is -2.88. The maximum absolute atomic E-state index is 10.8. The number of aromatic nitrogens is 1.